The second-order valence-electron chi connectivity index (χ2n) is 6.47. The number of aromatic amines is 1. The highest BCUT2D eigenvalue weighted by atomic mass is 35.5. The summed E-state index contributed by atoms with van der Waals surface area (Å²) in [6, 6.07) is 1.98. The van der Waals surface area contributed by atoms with E-state index in [4.69, 9.17) is 21.1 Å². The minimum Gasteiger partial charge on any atom is -0.495 e. The lowest BCUT2D eigenvalue weighted by molar-refractivity contribution is 0.223. The van der Waals surface area contributed by atoms with Crippen LogP contribution in [0.1, 0.15) is 13.8 Å². The number of methoxy groups -OCH3 is 1. The zero-order valence-corrected chi connectivity index (χ0v) is 16.5. The topological polar surface area (TPSA) is 82.8 Å². The first-order valence-corrected chi connectivity index (χ1v) is 8.92. The van der Waals surface area contributed by atoms with Crippen molar-refractivity contribution >= 4 is 22.5 Å². The number of imidazole rings is 1. The van der Waals surface area contributed by atoms with E-state index in [0.29, 0.717) is 28.1 Å². The van der Waals surface area contributed by atoms with Crippen LogP contribution in [0.5, 0.6) is 11.8 Å². The number of hydrogen-bond donors (Lipinski definition) is 1. The van der Waals surface area contributed by atoms with E-state index in [-0.39, 0.29) is 22.9 Å². The Kier molecular flexibility index (Phi) is 4.46. The van der Waals surface area contributed by atoms with E-state index >= 15 is 4.39 Å². The Balaban J connectivity index is 2.05. The first-order chi connectivity index (χ1) is 13.4. The second-order valence-corrected chi connectivity index (χ2v) is 6.85. The molecular weight excluding hydrogens is 387 g/mol. The number of benzene rings is 1. The lowest BCUT2D eigenvalue weighted by Crippen LogP contribution is -2.06. The van der Waals surface area contributed by atoms with Crippen LogP contribution in [-0.2, 0) is 7.05 Å². The van der Waals surface area contributed by atoms with Gasteiger partial charge in [-0.1, -0.05) is 16.7 Å². The molecule has 28 heavy (non-hydrogen) atoms. The van der Waals surface area contributed by atoms with Crippen LogP contribution in [0.2, 0.25) is 5.02 Å². The number of aromatic nitrogens is 6. The maximum atomic E-state index is 15.1. The summed E-state index contributed by atoms with van der Waals surface area (Å²) in [6.07, 6.45) is 4.96. The number of aryl methyl sites for hydroxylation is 1. The number of halogens is 2. The minimum absolute atomic E-state index is 0.0677. The van der Waals surface area contributed by atoms with Crippen molar-refractivity contribution in [1.82, 2.24) is 29.3 Å². The molecule has 0 aliphatic carbocycles. The fourth-order valence-corrected chi connectivity index (χ4v) is 3.42. The Morgan fingerprint density at radius 1 is 1.29 bits per heavy atom. The summed E-state index contributed by atoms with van der Waals surface area (Å²) in [6.45, 7) is 3.78. The van der Waals surface area contributed by atoms with E-state index in [0.717, 1.165) is 0 Å². The molecule has 4 aromatic rings. The van der Waals surface area contributed by atoms with Gasteiger partial charge in [0.25, 0.3) is 0 Å². The van der Waals surface area contributed by atoms with Crippen LogP contribution in [0.3, 0.4) is 0 Å². The molecule has 0 fully saturated rings. The molecule has 10 heteroatoms. The van der Waals surface area contributed by atoms with E-state index in [1.165, 1.54) is 7.11 Å². The highest BCUT2D eigenvalue weighted by Gasteiger charge is 2.26. The lowest BCUT2D eigenvalue weighted by atomic mass is 10.2. The van der Waals surface area contributed by atoms with Crippen LogP contribution in [0.25, 0.3) is 28.1 Å². The van der Waals surface area contributed by atoms with Crippen molar-refractivity contribution in [2.75, 3.05) is 7.11 Å². The van der Waals surface area contributed by atoms with E-state index in [1.807, 2.05) is 13.8 Å². The number of H-pyrrole nitrogens is 1. The lowest BCUT2D eigenvalue weighted by Gasteiger charge is -2.07. The van der Waals surface area contributed by atoms with Gasteiger partial charge in [0.2, 0.25) is 0 Å². The van der Waals surface area contributed by atoms with Crippen molar-refractivity contribution in [1.29, 1.82) is 0 Å². The van der Waals surface area contributed by atoms with E-state index in [9.17, 15) is 0 Å². The standard InChI is InChI=1S/C18H18ClFN6O2/c1-9(2)28-18-22-17(23-24-18)16-15(26-6-5-21-8-26)10-7-11(27-4)12(19)13(20)14(10)25(16)3/h5-9H,1-4H3,(H,22,23,24). The van der Waals surface area contributed by atoms with Gasteiger partial charge in [-0.15, -0.1) is 5.10 Å². The molecule has 0 saturated heterocycles. The third-order valence-corrected chi connectivity index (χ3v) is 4.67. The molecule has 0 aliphatic rings. The third-order valence-electron chi connectivity index (χ3n) is 4.32. The van der Waals surface area contributed by atoms with Gasteiger partial charge >= 0.3 is 6.01 Å². The average molecular weight is 405 g/mol. The maximum absolute atomic E-state index is 15.1. The first kappa shape index (κ1) is 18.3. The van der Waals surface area contributed by atoms with Crippen LogP contribution < -0.4 is 9.47 Å². The zero-order chi connectivity index (χ0) is 20.0. The summed E-state index contributed by atoms with van der Waals surface area (Å²) in [4.78, 5) is 7.15. The highest BCUT2D eigenvalue weighted by Crippen LogP contribution is 2.41. The number of ether oxygens (including phenoxy) is 2. The third kappa shape index (κ3) is 2.78. The van der Waals surface area contributed by atoms with Gasteiger partial charge < -0.3 is 18.6 Å². The normalized spacial score (nSPS) is 11.5. The molecule has 8 nitrogen and oxygen atoms in total. The van der Waals surface area contributed by atoms with Gasteiger partial charge in [0, 0.05) is 24.8 Å². The number of nitrogens with one attached hydrogen (secondary N) is 1. The van der Waals surface area contributed by atoms with Crippen molar-refractivity contribution < 1.29 is 13.9 Å². The molecule has 0 saturated carbocycles. The van der Waals surface area contributed by atoms with Crippen molar-refractivity contribution in [3.05, 3.63) is 35.6 Å². The van der Waals surface area contributed by atoms with E-state index in [2.05, 4.69) is 20.2 Å². The van der Waals surface area contributed by atoms with Gasteiger partial charge in [-0.3, -0.25) is 4.98 Å². The second kappa shape index (κ2) is 6.83. The van der Waals surface area contributed by atoms with E-state index in [1.54, 1.807) is 41.0 Å². The fraction of sp³-hybridized carbons (Fsp3) is 0.278. The number of rotatable bonds is 5. The Hall–Kier alpha value is -3.07. The van der Waals surface area contributed by atoms with Crippen LogP contribution in [0.4, 0.5) is 4.39 Å². The number of fused-ring (bicyclic) bond motifs is 1. The smallest absolute Gasteiger partial charge is 0.314 e. The predicted octanol–water partition coefficient (Wildman–Crippen LogP) is 3.74. The quantitative estimate of drug-likeness (QED) is 0.548. The zero-order valence-electron chi connectivity index (χ0n) is 15.7. The molecule has 0 atom stereocenters. The van der Waals surface area contributed by atoms with Gasteiger partial charge in [-0.25, -0.2) is 9.37 Å². The minimum atomic E-state index is -0.579. The molecule has 4 rings (SSSR count). The molecule has 146 valence electrons. The van der Waals surface area contributed by atoms with Gasteiger partial charge in [0.15, 0.2) is 11.6 Å². The monoisotopic (exact) mass is 404 g/mol. The van der Waals surface area contributed by atoms with Crippen molar-refractivity contribution in [2.24, 2.45) is 7.05 Å². The summed E-state index contributed by atoms with van der Waals surface area (Å²) in [5, 5.41) is 8.73. The van der Waals surface area contributed by atoms with Crippen molar-refractivity contribution in [3.63, 3.8) is 0 Å². The number of nitrogens with zero attached hydrogens (tertiary/aromatic N) is 5. The molecule has 0 radical (unpaired) electrons. The van der Waals surface area contributed by atoms with Crippen molar-refractivity contribution in [2.45, 2.75) is 20.0 Å². The van der Waals surface area contributed by atoms with Crippen LogP contribution >= 0.6 is 11.6 Å². The molecular formula is C18H18ClFN6O2. The summed E-state index contributed by atoms with van der Waals surface area (Å²) < 4.78 is 29.4. The molecule has 0 unspecified atom stereocenters. The summed E-state index contributed by atoms with van der Waals surface area (Å²) >= 11 is 6.15. The molecule has 0 spiro atoms. The van der Waals surface area contributed by atoms with Gasteiger partial charge in [-0.05, 0) is 19.9 Å². The van der Waals surface area contributed by atoms with Crippen LogP contribution in [0.15, 0.2) is 24.8 Å². The summed E-state index contributed by atoms with van der Waals surface area (Å²) in [7, 11) is 3.18. The first-order valence-electron chi connectivity index (χ1n) is 8.54. The van der Waals surface area contributed by atoms with Crippen LogP contribution in [-0.4, -0.2) is 42.5 Å². The van der Waals surface area contributed by atoms with Gasteiger partial charge in [0.05, 0.1) is 30.7 Å². The molecule has 0 bridgehead atoms. The van der Waals surface area contributed by atoms with E-state index < -0.39 is 5.82 Å². The molecule has 1 N–H and O–H groups in total. The highest BCUT2D eigenvalue weighted by molar-refractivity contribution is 6.33. The molecule has 3 aromatic heterocycles. The Bertz CT molecular complexity index is 1150. The van der Waals surface area contributed by atoms with Gasteiger partial charge in [-0.2, -0.15) is 0 Å². The summed E-state index contributed by atoms with van der Waals surface area (Å²) in [5.41, 5.74) is 1.57. The largest absolute Gasteiger partial charge is 0.495 e. The Labute approximate surface area is 164 Å². The average Bonchev–Trinajstić information content (AvgIpc) is 3.37. The molecule has 0 aliphatic heterocycles. The maximum Gasteiger partial charge on any atom is 0.314 e. The van der Waals surface area contributed by atoms with Crippen molar-refractivity contribution in [3.8, 4) is 29.0 Å². The molecule has 1 aromatic carbocycles. The molecule has 0 amide bonds. The molecule has 3 heterocycles. The Morgan fingerprint density at radius 3 is 2.71 bits per heavy atom. The van der Waals surface area contributed by atoms with Crippen LogP contribution in [0, 0.1) is 5.82 Å². The van der Waals surface area contributed by atoms with Gasteiger partial charge in [0.1, 0.15) is 16.5 Å². The SMILES string of the molecule is COc1cc2c(-n3ccnc3)c(-c3nnc(OC(C)C)[nH]3)n(C)c2c(F)c1Cl. The Morgan fingerprint density at radius 2 is 2.07 bits per heavy atom. The predicted molar refractivity (Wildman–Crippen MR) is 103 cm³/mol. The number of hydrogen-bond acceptors (Lipinski definition) is 5. The summed E-state index contributed by atoms with van der Waals surface area (Å²) in [5.74, 6) is 0.0865. The fourth-order valence-electron chi connectivity index (χ4n) is 3.20.